The molecular formula is C21H20BrN3O2. The maximum absolute atomic E-state index is 12.9. The number of nitrogens with zero attached hydrogens (tertiary/aromatic N) is 3. The van der Waals surface area contributed by atoms with Gasteiger partial charge in [0.25, 0.3) is 5.91 Å². The molecule has 4 rings (SSSR count). The van der Waals surface area contributed by atoms with Crippen LogP contribution in [-0.2, 0) is 0 Å². The Balaban J connectivity index is 1.43. The number of amides is 1. The molecule has 0 bridgehead atoms. The van der Waals surface area contributed by atoms with Crippen molar-refractivity contribution >= 4 is 21.8 Å². The van der Waals surface area contributed by atoms with E-state index in [0.29, 0.717) is 11.5 Å². The average molecular weight is 426 g/mol. The summed E-state index contributed by atoms with van der Waals surface area (Å²) in [5.41, 5.74) is 2.89. The minimum Gasteiger partial charge on any atom is -0.497 e. The number of halogens is 1. The molecule has 1 unspecified atom stereocenters. The van der Waals surface area contributed by atoms with Crippen molar-refractivity contribution in [2.24, 2.45) is 0 Å². The van der Waals surface area contributed by atoms with Gasteiger partial charge in [0, 0.05) is 30.8 Å². The second-order valence-corrected chi connectivity index (χ2v) is 7.58. The van der Waals surface area contributed by atoms with Crippen molar-refractivity contribution in [1.29, 1.82) is 0 Å². The van der Waals surface area contributed by atoms with Gasteiger partial charge >= 0.3 is 0 Å². The molecule has 3 aromatic rings. The number of aromatic nitrogens is 2. The van der Waals surface area contributed by atoms with Crippen LogP contribution in [0.25, 0.3) is 5.69 Å². The van der Waals surface area contributed by atoms with Crippen LogP contribution in [0.3, 0.4) is 0 Å². The molecule has 138 valence electrons. The molecule has 1 amide bonds. The summed E-state index contributed by atoms with van der Waals surface area (Å²) in [6.07, 6.45) is 4.61. The van der Waals surface area contributed by atoms with E-state index in [-0.39, 0.29) is 5.91 Å². The van der Waals surface area contributed by atoms with Gasteiger partial charge in [0.15, 0.2) is 0 Å². The van der Waals surface area contributed by atoms with E-state index in [1.54, 1.807) is 18.0 Å². The van der Waals surface area contributed by atoms with Crippen molar-refractivity contribution in [3.8, 4) is 11.4 Å². The highest BCUT2D eigenvalue weighted by molar-refractivity contribution is 9.10. The van der Waals surface area contributed by atoms with Gasteiger partial charge in [0.2, 0.25) is 0 Å². The molecule has 27 heavy (non-hydrogen) atoms. The third kappa shape index (κ3) is 3.76. The molecule has 1 aromatic heterocycles. The average Bonchev–Trinajstić information content (AvgIpc) is 3.37. The maximum atomic E-state index is 12.9. The van der Waals surface area contributed by atoms with Gasteiger partial charge in [-0.1, -0.05) is 12.1 Å². The molecule has 1 atom stereocenters. The number of likely N-dealkylation sites (tertiary alicyclic amines) is 1. The summed E-state index contributed by atoms with van der Waals surface area (Å²) in [7, 11) is 1.67. The number of hydrogen-bond donors (Lipinski definition) is 0. The van der Waals surface area contributed by atoms with Crippen LogP contribution in [0.1, 0.15) is 28.3 Å². The zero-order valence-corrected chi connectivity index (χ0v) is 16.6. The molecule has 0 radical (unpaired) electrons. The van der Waals surface area contributed by atoms with Crippen molar-refractivity contribution < 1.29 is 9.53 Å². The summed E-state index contributed by atoms with van der Waals surface area (Å²) < 4.78 is 7.91. The van der Waals surface area contributed by atoms with Crippen molar-refractivity contribution in [1.82, 2.24) is 14.7 Å². The fourth-order valence-corrected chi connectivity index (χ4v) is 3.76. The molecule has 5 nitrogen and oxygen atoms in total. The SMILES string of the molecule is COc1ccc(C2CCN(C(=O)c3ccc(-n4cc(Br)cn4)cc3)C2)cc1. The van der Waals surface area contributed by atoms with Gasteiger partial charge in [-0.05, 0) is 64.3 Å². The van der Waals surface area contributed by atoms with E-state index in [4.69, 9.17) is 4.74 Å². The predicted molar refractivity (Wildman–Crippen MR) is 108 cm³/mol. The Hall–Kier alpha value is -2.60. The summed E-state index contributed by atoms with van der Waals surface area (Å²) in [4.78, 5) is 14.8. The molecule has 0 aliphatic carbocycles. The van der Waals surface area contributed by atoms with Crippen LogP contribution >= 0.6 is 15.9 Å². The first kappa shape index (κ1) is 17.8. The van der Waals surface area contributed by atoms with Gasteiger partial charge < -0.3 is 9.64 Å². The molecule has 0 N–H and O–H groups in total. The predicted octanol–water partition coefficient (Wildman–Crippen LogP) is 4.27. The Morgan fingerprint density at radius 3 is 2.52 bits per heavy atom. The van der Waals surface area contributed by atoms with Gasteiger partial charge in [-0.2, -0.15) is 5.10 Å². The molecule has 6 heteroatoms. The highest BCUT2D eigenvalue weighted by Crippen LogP contribution is 2.29. The Bertz CT molecular complexity index is 935. The van der Waals surface area contributed by atoms with E-state index >= 15 is 0 Å². The second-order valence-electron chi connectivity index (χ2n) is 6.66. The number of carbonyl (C=O) groups excluding carboxylic acids is 1. The fourth-order valence-electron chi connectivity index (χ4n) is 3.47. The molecule has 2 aromatic carbocycles. The first-order chi connectivity index (χ1) is 13.1. The molecule has 2 heterocycles. The molecule has 1 fully saturated rings. The van der Waals surface area contributed by atoms with Gasteiger partial charge in [0.1, 0.15) is 5.75 Å². The standard InChI is InChI=1S/C21H20BrN3O2/c1-27-20-8-4-15(5-9-20)17-10-11-24(13-17)21(26)16-2-6-19(7-3-16)25-14-18(22)12-23-25/h2-9,12,14,17H,10-11,13H2,1H3. The van der Waals surface area contributed by atoms with Crippen molar-refractivity contribution in [2.45, 2.75) is 12.3 Å². The molecule has 1 aliphatic heterocycles. The van der Waals surface area contributed by atoms with E-state index in [0.717, 1.165) is 35.4 Å². The lowest BCUT2D eigenvalue weighted by Gasteiger charge is -2.17. The van der Waals surface area contributed by atoms with E-state index in [1.807, 2.05) is 47.5 Å². The molecule has 1 saturated heterocycles. The quantitative estimate of drug-likeness (QED) is 0.626. The highest BCUT2D eigenvalue weighted by Gasteiger charge is 2.28. The maximum Gasteiger partial charge on any atom is 0.253 e. The van der Waals surface area contributed by atoms with Crippen LogP contribution in [0.15, 0.2) is 65.4 Å². The molecular weight excluding hydrogens is 406 g/mol. The molecule has 0 saturated carbocycles. The number of hydrogen-bond acceptors (Lipinski definition) is 3. The Morgan fingerprint density at radius 2 is 1.89 bits per heavy atom. The Kier molecular flexibility index (Phi) is 4.99. The fraction of sp³-hybridized carbons (Fsp3) is 0.238. The summed E-state index contributed by atoms with van der Waals surface area (Å²) >= 11 is 3.39. The van der Waals surface area contributed by atoms with Crippen LogP contribution in [-0.4, -0.2) is 40.8 Å². The number of benzene rings is 2. The van der Waals surface area contributed by atoms with Crippen LogP contribution in [0.2, 0.25) is 0 Å². The largest absolute Gasteiger partial charge is 0.497 e. The highest BCUT2D eigenvalue weighted by atomic mass is 79.9. The second kappa shape index (κ2) is 7.56. The number of carbonyl (C=O) groups is 1. The lowest BCUT2D eigenvalue weighted by molar-refractivity contribution is 0.0791. The van der Waals surface area contributed by atoms with E-state index in [9.17, 15) is 4.79 Å². The van der Waals surface area contributed by atoms with E-state index < -0.39 is 0 Å². The number of methoxy groups -OCH3 is 1. The minimum absolute atomic E-state index is 0.0826. The first-order valence-corrected chi connectivity index (χ1v) is 9.67. The number of ether oxygens (including phenoxy) is 1. The van der Waals surface area contributed by atoms with Crippen molar-refractivity contribution in [3.05, 3.63) is 76.5 Å². The van der Waals surface area contributed by atoms with Gasteiger partial charge in [0.05, 0.1) is 23.5 Å². The minimum atomic E-state index is 0.0826. The Morgan fingerprint density at radius 1 is 1.15 bits per heavy atom. The summed E-state index contributed by atoms with van der Waals surface area (Å²) in [5, 5.41) is 4.26. The lowest BCUT2D eigenvalue weighted by atomic mass is 9.98. The van der Waals surface area contributed by atoms with Crippen LogP contribution < -0.4 is 4.74 Å². The van der Waals surface area contributed by atoms with Gasteiger partial charge in [-0.3, -0.25) is 4.79 Å². The summed E-state index contributed by atoms with van der Waals surface area (Å²) in [6, 6.07) is 15.7. The first-order valence-electron chi connectivity index (χ1n) is 8.88. The third-order valence-corrected chi connectivity index (χ3v) is 5.40. The number of rotatable bonds is 4. The smallest absolute Gasteiger partial charge is 0.253 e. The Labute approximate surface area is 166 Å². The zero-order valence-electron chi connectivity index (χ0n) is 15.0. The normalized spacial score (nSPS) is 16.5. The zero-order chi connectivity index (χ0) is 18.8. The monoisotopic (exact) mass is 425 g/mol. The molecule has 1 aliphatic rings. The van der Waals surface area contributed by atoms with Crippen LogP contribution in [0, 0.1) is 0 Å². The van der Waals surface area contributed by atoms with Crippen molar-refractivity contribution in [2.75, 3.05) is 20.2 Å². The summed E-state index contributed by atoms with van der Waals surface area (Å²) in [5.74, 6) is 1.31. The van der Waals surface area contributed by atoms with E-state index in [2.05, 4.69) is 33.2 Å². The van der Waals surface area contributed by atoms with Crippen LogP contribution in [0.4, 0.5) is 0 Å². The van der Waals surface area contributed by atoms with Crippen LogP contribution in [0.5, 0.6) is 5.75 Å². The lowest BCUT2D eigenvalue weighted by Crippen LogP contribution is -2.28. The third-order valence-electron chi connectivity index (χ3n) is 4.99. The summed E-state index contributed by atoms with van der Waals surface area (Å²) in [6.45, 7) is 1.53. The van der Waals surface area contributed by atoms with Gasteiger partial charge in [-0.15, -0.1) is 0 Å². The molecule has 0 spiro atoms. The van der Waals surface area contributed by atoms with Crippen molar-refractivity contribution in [3.63, 3.8) is 0 Å². The van der Waals surface area contributed by atoms with Gasteiger partial charge in [-0.25, -0.2) is 4.68 Å². The van der Waals surface area contributed by atoms with E-state index in [1.165, 1.54) is 5.56 Å². The topological polar surface area (TPSA) is 47.4 Å².